The zero-order chi connectivity index (χ0) is 12.8. The van der Waals surface area contributed by atoms with E-state index in [0.29, 0.717) is 16.6 Å². The summed E-state index contributed by atoms with van der Waals surface area (Å²) in [5.74, 6) is 1.04. The normalized spacial score (nSPS) is 12.2. The SMILES string of the molecule is CCC(CSC)N(C)c1cccc(Cl)c1C=O. The standard InChI is InChI=1S/C13H18ClNOS/c1-4-10(9-17-3)15(2)13-7-5-6-12(14)11(13)8-16/h5-8,10H,4,9H2,1-3H3. The lowest BCUT2D eigenvalue weighted by molar-refractivity contribution is 0.112. The number of benzene rings is 1. The van der Waals surface area contributed by atoms with Crippen molar-refractivity contribution in [2.75, 3.05) is 24.0 Å². The first-order valence-electron chi connectivity index (χ1n) is 5.61. The molecule has 0 N–H and O–H groups in total. The molecule has 0 saturated carbocycles. The Morgan fingerprint density at radius 1 is 1.53 bits per heavy atom. The van der Waals surface area contributed by atoms with Gasteiger partial charge in [0.25, 0.3) is 0 Å². The maximum Gasteiger partial charge on any atom is 0.153 e. The van der Waals surface area contributed by atoms with Gasteiger partial charge in [-0.05, 0) is 24.8 Å². The molecule has 17 heavy (non-hydrogen) atoms. The molecular weight excluding hydrogens is 254 g/mol. The Balaban J connectivity index is 3.05. The molecule has 0 heterocycles. The summed E-state index contributed by atoms with van der Waals surface area (Å²) in [6, 6.07) is 5.99. The zero-order valence-electron chi connectivity index (χ0n) is 10.4. The molecule has 0 aromatic heterocycles. The monoisotopic (exact) mass is 271 g/mol. The Morgan fingerprint density at radius 3 is 2.76 bits per heavy atom. The van der Waals surface area contributed by atoms with Crippen molar-refractivity contribution in [3.63, 3.8) is 0 Å². The lowest BCUT2D eigenvalue weighted by atomic mass is 10.1. The molecule has 1 unspecified atom stereocenters. The van der Waals surface area contributed by atoms with Crippen molar-refractivity contribution in [3.8, 4) is 0 Å². The van der Waals surface area contributed by atoms with Crippen LogP contribution < -0.4 is 4.90 Å². The highest BCUT2D eigenvalue weighted by Crippen LogP contribution is 2.27. The van der Waals surface area contributed by atoms with Crippen molar-refractivity contribution in [2.45, 2.75) is 19.4 Å². The number of anilines is 1. The van der Waals surface area contributed by atoms with E-state index in [4.69, 9.17) is 11.6 Å². The van der Waals surface area contributed by atoms with Crippen molar-refractivity contribution in [2.24, 2.45) is 0 Å². The van der Waals surface area contributed by atoms with E-state index in [0.717, 1.165) is 24.1 Å². The van der Waals surface area contributed by atoms with E-state index in [1.807, 2.05) is 30.9 Å². The van der Waals surface area contributed by atoms with Crippen LogP contribution in [0.5, 0.6) is 0 Å². The van der Waals surface area contributed by atoms with Crippen LogP contribution >= 0.6 is 23.4 Å². The van der Waals surface area contributed by atoms with Crippen LogP contribution in [0.3, 0.4) is 0 Å². The number of rotatable bonds is 6. The third kappa shape index (κ3) is 3.39. The largest absolute Gasteiger partial charge is 0.370 e. The minimum absolute atomic E-state index is 0.419. The molecule has 4 heteroatoms. The summed E-state index contributed by atoms with van der Waals surface area (Å²) < 4.78 is 0. The first-order valence-corrected chi connectivity index (χ1v) is 7.38. The number of nitrogens with zero attached hydrogens (tertiary/aromatic N) is 1. The van der Waals surface area contributed by atoms with Crippen LogP contribution in [0.4, 0.5) is 5.69 Å². The minimum atomic E-state index is 0.419. The zero-order valence-corrected chi connectivity index (χ0v) is 12.0. The molecule has 1 rings (SSSR count). The molecule has 0 spiro atoms. The van der Waals surface area contributed by atoms with Gasteiger partial charge < -0.3 is 4.90 Å². The lowest BCUT2D eigenvalue weighted by Crippen LogP contribution is -2.33. The summed E-state index contributed by atoms with van der Waals surface area (Å²) in [4.78, 5) is 13.3. The van der Waals surface area contributed by atoms with Crippen molar-refractivity contribution in [1.82, 2.24) is 0 Å². The number of thioether (sulfide) groups is 1. The van der Waals surface area contributed by atoms with E-state index < -0.39 is 0 Å². The van der Waals surface area contributed by atoms with Gasteiger partial charge >= 0.3 is 0 Å². The molecule has 2 nitrogen and oxygen atoms in total. The topological polar surface area (TPSA) is 20.3 Å². The first-order chi connectivity index (χ1) is 8.15. The average molecular weight is 272 g/mol. The Kier molecular flexibility index (Phi) is 5.86. The van der Waals surface area contributed by atoms with Gasteiger partial charge in [-0.3, -0.25) is 4.79 Å². The average Bonchev–Trinajstić information content (AvgIpc) is 2.34. The summed E-state index contributed by atoms with van der Waals surface area (Å²) in [7, 11) is 2.02. The van der Waals surface area contributed by atoms with Crippen LogP contribution in [0, 0.1) is 0 Å². The number of aldehydes is 1. The maximum absolute atomic E-state index is 11.1. The van der Waals surface area contributed by atoms with Gasteiger partial charge in [0.05, 0.1) is 10.6 Å². The van der Waals surface area contributed by atoms with Crippen molar-refractivity contribution < 1.29 is 4.79 Å². The Labute approximate surface area is 112 Å². The van der Waals surface area contributed by atoms with E-state index in [1.165, 1.54) is 0 Å². The predicted molar refractivity (Wildman–Crippen MR) is 77.7 cm³/mol. The quantitative estimate of drug-likeness (QED) is 0.736. The number of halogens is 1. The molecule has 1 aromatic carbocycles. The molecule has 1 aromatic rings. The number of carbonyl (C=O) groups excluding carboxylic acids is 1. The first kappa shape index (κ1) is 14.4. The van der Waals surface area contributed by atoms with E-state index >= 15 is 0 Å². The molecule has 0 fully saturated rings. The van der Waals surface area contributed by atoms with Gasteiger partial charge in [0.2, 0.25) is 0 Å². The highest BCUT2D eigenvalue weighted by Gasteiger charge is 2.16. The lowest BCUT2D eigenvalue weighted by Gasteiger charge is -2.30. The van der Waals surface area contributed by atoms with E-state index in [-0.39, 0.29) is 0 Å². The summed E-state index contributed by atoms with van der Waals surface area (Å²) >= 11 is 7.85. The summed E-state index contributed by atoms with van der Waals surface area (Å²) in [6.45, 7) is 2.16. The number of hydrogen-bond acceptors (Lipinski definition) is 3. The van der Waals surface area contributed by atoms with Gasteiger partial charge in [0.15, 0.2) is 6.29 Å². The summed E-state index contributed by atoms with van der Waals surface area (Å²) in [6.07, 6.45) is 3.97. The molecule has 0 amide bonds. The number of hydrogen-bond donors (Lipinski definition) is 0. The highest BCUT2D eigenvalue weighted by atomic mass is 35.5. The van der Waals surface area contributed by atoms with Crippen LogP contribution in [-0.2, 0) is 0 Å². The smallest absolute Gasteiger partial charge is 0.153 e. The molecule has 0 aliphatic heterocycles. The van der Waals surface area contributed by atoms with Crippen LogP contribution in [0.25, 0.3) is 0 Å². The van der Waals surface area contributed by atoms with Gasteiger partial charge in [0, 0.05) is 24.5 Å². The Hall–Kier alpha value is -0.670. The second kappa shape index (κ2) is 6.92. The maximum atomic E-state index is 11.1. The molecular formula is C13H18ClNOS. The number of carbonyl (C=O) groups is 1. The van der Waals surface area contributed by atoms with Gasteiger partial charge in [-0.25, -0.2) is 0 Å². The second-order valence-corrected chi connectivity index (χ2v) is 5.24. The van der Waals surface area contributed by atoms with Crippen molar-refractivity contribution in [1.29, 1.82) is 0 Å². The third-order valence-corrected chi connectivity index (χ3v) is 3.95. The van der Waals surface area contributed by atoms with Crippen molar-refractivity contribution in [3.05, 3.63) is 28.8 Å². The van der Waals surface area contributed by atoms with Crippen molar-refractivity contribution >= 4 is 35.3 Å². The molecule has 0 saturated heterocycles. The molecule has 94 valence electrons. The van der Waals surface area contributed by atoms with E-state index in [2.05, 4.69) is 18.1 Å². The second-order valence-electron chi connectivity index (χ2n) is 3.92. The van der Waals surface area contributed by atoms with Crippen LogP contribution in [0.2, 0.25) is 5.02 Å². The molecule has 0 aliphatic rings. The molecule has 0 bridgehead atoms. The van der Waals surface area contributed by atoms with Crippen LogP contribution in [0.1, 0.15) is 23.7 Å². The Bertz CT molecular complexity index is 384. The fourth-order valence-electron chi connectivity index (χ4n) is 1.84. The fraction of sp³-hybridized carbons (Fsp3) is 0.462. The highest BCUT2D eigenvalue weighted by molar-refractivity contribution is 7.98. The predicted octanol–water partition coefficient (Wildman–Crippen LogP) is 3.73. The van der Waals surface area contributed by atoms with Gasteiger partial charge in [-0.15, -0.1) is 0 Å². The molecule has 1 atom stereocenters. The Morgan fingerprint density at radius 2 is 2.24 bits per heavy atom. The summed E-state index contributed by atoms with van der Waals surface area (Å²) in [5.41, 5.74) is 1.49. The van der Waals surface area contributed by atoms with E-state index in [9.17, 15) is 4.79 Å². The van der Waals surface area contributed by atoms with E-state index in [1.54, 1.807) is 6.07 Å². The fourth-order valence-corrected chi connectivity index (χ4v) is 2.90. The van der Waals surface area contributed by atoms with Gasteiger partial charge in [0.1, 0.15) is 0 Å². The van der Waals surface area contributed by atoms with Crippen LogP contribution in [-0.4, -0.2) is 31.4 Å². The minimum Gasteiger partial charge on any atom is -0.370 e. The van der Waals surface area contributed by atoms with Gasteiger partial charge in [-0.1, -0.05) is 24.6 Å². The van der Waals surface area contributed by atoms with Gasteiger partial charge in [-0.2, -0.15) is 11.8 Å². The third-order valence-electron chi connectivity index (χ3n) is 2.91. The summed E-state index contributed by atoms with van der Waals surface area (Å²) in [5, 5.41) is 0.517. The van der Waals surface area contributed by atoms with Crippen LogP contribution in [0.15, 0.2) is 18.2 Å². The molecule has 0 radical (unpaired) electrons. The molecule has 0 aliphatic carbocycles.